The van der Waals surface area contributed by atoms with Gasteiger partial charge in [0.05, 0.1) is 12.4 Å². The summed E-state index contributed by atoms with van der Waals surface area (Å²) in [7, 11) is -3.01. The van der Waals surface area contributed by atoms with Gasteiger partial charge in [-0.25, -0.2) is 12.8 Å². The van der Waals surface area contributed by atoms with Crippen LogP contribution in [-0.4, -0.2) is 44.2 Å². The van der Waals surface area contributed by atoms with Crippen LogP contribution in [0, 0.1) is 25.6 Å². The second-order valence-corrected chi connectivity index (χ2v) is 12.3. The average molecular weight is 541 g/mol. The molecule has 7 nitrogen and oxygen atoms in total. The zero-order valence-corrected chi connectivity index (χ0v) is 22.2. The van der Waals surface area contributed by atoms with Crippen LogP contribution in [0.3, 0.4) is 0 Å². The summed E-state index contributed by atoms with van der Waals surface area (Å²) < 4.78 is 54.6. The summed E-state index contributed by atoms with van der Waals surface area (Å²) in [5.74, 6) is -1.05. The number of benzene rings is 3. The van der Waals surface area contributed by atoms with Gasteiger partial charge in [0, 0.05) is 23.8 Å². The molecule has 38 heavy (non-hydrogen) atoms. The van der Waals surface area contributed by atoms with Gasteiger partial charge in [0.2, 0.25) is 0 Å². The molecule has 3 atom stereocenters. The fraction of sp³-hybridized carbons (Fsp3) is 0.345. The molecule has 0 saturated heterocycles. The normalized spacial score (nSPS) is 19.3. The lowest BCUT2D eigenvalue weighted by Gasteiger charge is -2.15. The second-order valence-electron chi connectivity index (χ2n) is 10.0. The third-order valence-electron chi connectivity index (χ3n) is 6.97. The number of rotatable bonds is 10. The molecule has 2 aliphatic rings. The highest BCUT2D eigenvalue weighted by atomic mass is 32.2. The van der Waals surface area contributed by atoms with Crippen molar-refractivity contribution in [3.8, 4) is 28.4 Å². The Kier molecular flexibility index (Phi) is 6.81. The maximum absolute atomic E-state index is 14.8. The minimum absolute atomic E-state index is 0.0621. The van der Waals surface area contributed by atoms with Crippen LogP contribution in [-0.2, 0) is 21.2 Å². The van der Waals surface area contributed by atoms with Crippen molar-refractivity contribution in [1.82, 2.24) is 0 Å². The summed E-state index contributed by atoms with van der Waals surface area (Å²) in [5, 5.41) is 9.22. The van der Waals surface area contributed by atoms with Crippen molar-refractivity contribution in [3.05, 3.63) is 76.6 Å². The molecule has 1 heterocycles. The van der Waals surface area contributed by atoms with Crippen molar-refractivity contribution in [2.45, 2.75) is 38.9 Å². The summed E-state index contributed by atoms with van der Waals surface area (Å²) in [6.07, 6.45) is 1.22. The van der Waals surface area contributed by atoms with Crippen molar-refractivity contribution in [1.29, 1.82) is 0 Å². The highest BCUT2D eigenvalue weighted by Gasteiger charge is 2.63. The van der Waals surface area contributed by atoms with Crippen molar-refractivity contribution in [3.63, 3.8) is 0 Å². The maximum Gasteiger partial charge on any atom is 0.311 e. The number of sulfone groups is 1. The zero-order chi connectivity index (χ0) is 27.2. The van der Waals surface area contributed by atoms with Crippen LogP contribution in [0.1, 0.15) is 34.6 Å². The molecule has 3 aromatic carbocycles. The summed E-state index contributed by atoms with van der Waals surface area (Å²) in [5.41, 5.74) is 5.52. The maximum atomic E-state index is 14.8. The van der Waals surface area contributed by atoms with Crippen molar-refractivity contribution >= 4 is 15.8 Å². The largest absolute Gasteiger partial charge is 0.494 e. The Bertz CT molecular complexity index is 1490. The number of aryl methyl sites for hydroxylation is 2. The molecule has 1 N–H and O–H groups in total. The van der Waals surface area contributed by atoms with Gasteiger partial charge in [-0.3, -0.25) is 4.79 Å². The van der Waals surface area contributed by atoms with E-state index >= 15 is 0 Å². The van der Waals surface area contributed by atoms with Crippen molar-refractivity contribution in [2.24, 2.45) is 5.92 Å². The minimum Gasteiger partial charge on any atom is -0.494 e. The SMILES string of the molecule is Cc1cc(OCCCS(C)(=O)=O)cc(C)c1-c1cccc(COc2cc3c(cc2F)[C@H]2[C@@H](O3)[C@@H]2C(=O)O)c1. The third-order valence-corrected chi connectivity index (χ3v) is 8.00. The van der Waals surface area contributed by atoms with Gasteiger partial charge in [-0.2, -0.15) is 0 Å². The Morgan fingerprint density at radius 2 is 1.82 bits per heavy atom. The molecule has 0 aromatic heterocycles. The van der Waals surface area contributed by atoms with Gasteiger partial charge in [0.15, 0.2) is 11.6 Å². The van der Waals surface area contributed by atoms with E-state index in [1.54, 1.807) is 0 Å². The molecule has 3 aromatic rings. The van der Waals surface area contributed by atoms with Gasteiger partial charge in [-0.1, -0.05) is 18.2 Å². The lowest BCUT2D eigenvalue weighted by molar-refractivity contribution is -0.139. The zero-order valence-electron chi connectivity index (χ0n) is 21.4. The fourth-order valence-corrected chi connectivity index (χ4v) is 5.86. The molecule has 0 spiro atoms. The van der Waals surface area contributed by atoms with Gasteiger partial charge in [-0.05, 0) is 72.4 Å². The van der Waals surface area contributed by atoms with Crippen molar-refractivity contribution in [2.75, 3.05) is 18.6 Å². The molecule has 0 amide bonds. The molecule has 200 valence electrons. The molecule has 1 saturated carbocycles. The van der Waals surface area contributed by atoms with E-state index in [4.69, 9.17) is 14.2 Å². The Balaban J connectivity index is 1.26. The van der Waals surface area contributed by atoms with E-state index in [2.05, 4.69) is 0 Å². The fourth-order valence-electron chi connectivity index (χ4n) is 5.22. The molecule has 1 aliphatic heterocycles. The number of fused-ring (bicyclic) bond motifs is 3. The molecule has 0 unspecified atom stereocenters. The van der Waals surface area contributed by atoms with Crippen LogP contribution in [0.25, 0.3) is 11.1 Å². The monoisotopic (exact) mass is 540 g/mol. The van der Waals surface area contributed by atoms with Gasteiger partial charge < -0.3 is 19.3 Å². The third kappa shape index (κ3) is 5.34. The number of carboxylic acid groups (broad SMARTS) is 1. The average Bonchev–Trinajstić information content (AvgIpc) is 3.44. The molecule has 1 fully saturated rings. The van der Waals surface area contributed by atoms with E-state index in [1.807, 2.05) is 50.2 Å². The number of carboxylic acids is 1. The summed E-state index contributed by atoms with van der Waals surface area (Å²) in [6.45, 7) is 4.46. The van der Waals surface area contributed by atoms with Crippen LogP contribution in [0.2, 0.25) is 0 Å². The van der Waals surface area contributed by atoms with Gasteiger partial charge in [0.1, 0.15) is 40.0 Å². The molecule has 5 rings (SSSR count). The van der Waals surface area contributed by atoms with E-state index in [1.165, 1.54) is 18.4 Å². The number of halogens is 1. The van der Waals surface area contributed by atoms with E-state index in [0.717, 1.165) is 27.8 Å². The van der Waals surface area contributed by atoms with E-state index in [9.17, 15) is 22.7 Å². The summed E-state index contributed by atoms with van der Waals surface area (Å²) in [6, 6.07) is 14.5. The van der Waals surface area contributed by atoms with Gasteiger partial charge >= 0.3 is 5.97 Å². The standard InChI is InChI=1S/C29H29FO7S/c1-16-10-20(35-8-5-9-38(3,33)34)11-17(2)25(16)19-7-4-6-18(12-19)15-36-24-14-23-21(13-22(24)30)26-27(29(31)32)28(26)37-23/h4,6-7,10-14,26-28H,5,8-9,15H2,1-3H3,(H,31,32)/t26-,27-,28-/m1/s1. The van der Waals surface area contributed by atoms with Crippen LogP contribution in [0.4, 0.5) is 4.39 Å². The first-order valence-corrected chi connectivity index (χ1v) is 14.4. The Morgan fingerprint density at radius 3 is 2.50 bits per heavy atom. The van der Waals surface area contributed by atoms with Crippen LogP contribution in [0.15, 0.2) is 48.5 Å². The predicted octanol–water partition coefficient (Wildman–Crippen LogP) is 5.06. The Labute approximate surface area is 221 Å². The van der Waals surface area contributed by atoms with Crippen LogP contribution >= 0.6 is 0 Å². The summed E-state index contributed by atoms with van der Waals surface area (Å²) >= 11 is 0. The van der Waals surface area contributed by atoms with Gasteiger partial charge in [-0.15, -0.1) is 0 Å². The highest BCUT2D eigenvalue weighted by Crippen LogP contribution is 2.59. The smallest absolute Gasteiger partial charge is 0.311 e. The number of ether oxygens (including phenoxy) is 3. The first-order chi connectivity index (χ1) is 18.0. The number of aliphatic carboxylic acids is 1. The Morgan fingerprint density at radius 1 is 1.08 bits per heavy atom. The van der Waals surface area contributed by atoms with Gasteiger partial charge in [0.25, 0.3) is 0 Å². The van der Waals surface area contributed by atoms with Crippen LogP contribution in [0.5, 0.6) is 17.2 Å². The second kappa shape index (κ2) is 9.94. The number of hydrogen-bond donors (Lipinski definition) is 1. The molecule has 0 radical (unpaired) electrons. The minimum atomic E-state index is -3.01. The number of hydrogen-bond acceptors (Lipinski definition) is 6. The highest BCUT2D eigenvalue weighted by molar-refractivity contribution is 7.90. The predicted molar refractivity (Wildman–Crippen MR) is 140 cm³/mol. The van der Waals surface area contributed by atoms with E-state index in [0.29, 0.717) is 30.1 Å². The Hall–Kier alpha value is -3.59. The first kappa shape index (κ1) is 26.0. The molecule has 0 bridgehead atoms. The molecular weight excluding hydrogens is 511 g/mol. The molecule has 9 heteroatoms. The lowest BCUT2D eigenvalue weighted by atomic mass is 9.94. The molecular formula is C29H29FO7S. The van der Waals surface area contributed by atoms with E-state index < -0.39 is 33.6 Å². The topological polar surface area (TPSA) is 99.1 Å². The quantitative estimate of drug-likeness (QED) is 0.359. The van der Waals surface area contributed by atoms with E-state index in [-0.39, 0.29) is 24.0 Å². The molecule has 1 aliphatic carbocycles. The van der Waals surface area contributed by atoms with Crippen LogP contribution < -0.4 is 14.2 Å². The number of carbonyl (C=O) groups is 1. The summed E-state index contributed by atoms with van der Waals surface area (Å²) in [4.78, 5) is 11.2. The lowest BCUT2D eigenvalue weighted by Crippen LogP contribution is -2.09. The first-order valence-electron chi connectivity index (χ1n) is 12.4. The van der Waals surface area contributed by atoms with Crippen molar-refractivity contribution < 1.29 is 36.9 Å².